The topological polar surface area (TPSA) is 94.8 Å². The van der Waals surface area contributed by atoms with Gasteiger partial charge < -0.3 is 14.6 Å². The van der Waals surface area contributed by atoms with Crippen molar-refractivity contribution in [3.63, 3.8) is 0 Å². The van der Waals surface area contributed by atoms with E-state index < -0.39 is 18.5 Å². The normalized spacial score (nSPS) is 11.5. The Morgan fingerprint density at radius 3 is 2.27 bits per heavy atom. The number of ether oxygens (including phenoxy) is 2. The standard InChI is InChI=1S/C25H26ClNO6/c1-14-17(11-23(30)33-13-22(28)29)18-10-21(32-5)19(25(2,3)4)12-20(18)27(14)24(31)15-6-8-16(26)9-7-15/h6-10,12H,11,13H2,1-5H3,(H,28,29). The van der Waals surface area contributed by atoms with Crippen LogP contribution in [0.15, 0.2) is 36.4 Å². The lowest BCUT2D eigenvalue weighted by Gasteiger charge is -2.22. The summed E-state index contributed by atoms with van der Waals surface area (Å²) in [5, 5.41) is 9.98. The maximum Gasteiger partial charge on any atom is 0.341 e. The molecule has 33 heavy (non-hydrogen) atoms. The number of esters is 1. The van der Waals surface area contributed by atoms with E-state index >= 15 is 0 Å². The predicted molar refractivity (Wildman–Crippen MR) is 125 cm³/mol. The van der Waals surface area contributed by atoms with E-state index in [-0.39, 0.29) is 17.7 Å². The van der Waals surface area contributed by atoms with Crippen molar-refractivity contribution in [3.8, 4) is 5.75 Å². The molecule has 0 saturated carbocycles. The average Bonchev–Trinajstić information content (AvgIpc) is 3.01. The minimum absolute atomic E-state index is 0.186. The Bertz CT molecular complexity index is 1230. The van der Waals surface area contributed by atoms with E-state index in [1.54, 1.807) is 42.9 Å². The summed E-state index contributed by atoms with van der Waals surface area (Å²) in [4.78, 5) is 36.6. The fourth-order valence-corrected chi connectivity index (χ4v) is 3.93. The number of halogens is 1. The Kier molecular flexibility index (Phi) is 6.84. The van der Waals surface area contributed by atoms with E-state index in [1.807, 2.05) is 32.9 Å². The molecule has 0 bridgehead atoms. The Balaban J connectivity index is 2.24. The number of carboxylic acids is 1. The molecule has 7 nitrogen and oxygen atoms in total. The highest BCUT2D eigenvalue weighted by atomic mass is 35.5. The predicted octanol–water partition coefficient (Wildman–Crippen LogP) is 4.77. The molecule has 0 aliphatic rings. The summed E-state index contributed by atoms with van der Waals surface area (Å²) in [5.41, 5.74) is 2.82. The molecule has 0 amide bonds. The molecule has 0 radical (unpaired) electrons. The van der Waals surface area contributed by atoms with Crippen LogP contribution in [0.3, 0.4) is 0 Å². The molecule has 0 spiro atoms. The molecule has 0 atom stereocenters. The van der Waals surface area contributed by atoms with Gasteiger partial charge in [-0.05, 0) is 54.3 Å². The van der Waals surface area contributed by atoms with Crippen molar-refractivity contribution in [2.45, 2.75) is 39.5 Å². The third kappa shape index (κ3) is 5.03. The molecular weight excluding hydrogens is 446 g/mol. The zero-order valence-corrected chi connectivity index (χ0v) is 19.9. The number of rotatable bonds is 6. The van der Waals surface area contributed by atoms with Crippen molar-refractivity contribution in [2.24, 2.45) is 0 Å². The first-order valence-electron chi connectivity index (χ1n) is 10.3. The Morgan fingerprint density at radius 1 is 1.09 bits per heavy atom. The van der Waals surface area contributed by atoms with Gasteiger partial charge in [-0.1, -0.05) is 32.4 Å². The van der Waals surface area contributed by atoms with Gasteiger partial charge in [0, 0.05) is 27.2 Å². The minimum Gasteiger partial charge on any atom is -0.496 e. The van der Waals surface area contributed by atoms with Crippen LogP contribution in [0.5, 0.6) is 5.75 Å². The van der Waals surface area contributed by atoms with Crippen LogP contribution in [0, 0.1) is 6.92 Å². The summed E-state index contributed by atoms with van der Waals surface area (Å²) in [6, 6.07) is 10.3. The lowest BCUT2D eigenvalue weighted by molar-refractivity contribution is -0.154. The van der Waals surface area contributed by atoms with E-state index in [1.165, 1.54) is 0 Å². The van der Waals surface area contributed by atoms with Gasteiger partial charge in [0.2, 0.25) is 0 Å². The van der Waals surface area contributed by atoms with Crippen LogP contribution < -0.4 is 4.74 Å². The van der Waals surface area contributed by atoms with Crippen molar-refractivity contribution in [1.29, 1.82) is 0 Å². The number of hydrogen-bond donors (Lipinski definition) is 1. The highest BCUT2D eigenvalue weighted by Gasteiger charge is 2.27. The van der Waals surface area contributed by atoms with Crippen LogP contribution in [0.25, 0.3) is 10.9 Å². The van der Waals surface area contributed by atoms with E-state index in [9.17, 15) is 14.4 Å². The number of fused-ring (bicyclic) bond motifs is 1. The number of hydrogen-bond acceptors (Lipinski definition) is 5. The number of carbonyl (C=O) groups is 3. The van der Waals surface area contributed by atoms with Gasteiger partial charge in [0.05, 0.1) is 19.0 Å². The fourth-order valence-electron chi connectivity index (χ4n) is 3.80. The monoisotopic (exact) mass is 471 g/mol. The minimum atomic E-state index is -1.24. The second kappa shape index (κ2) is 9.27. The third-order valence-electron chi connectivity index (χ3n) is 5.44. The maximum atomic E-state index is 13.5. The molecule has 3 rings (SSSR count). The summed E-state index contributed by atoms with van der Waals surface area (Å²) in [7, 11) is 1.57. The SMILES string of the molecule is COc1cc2c(CC(=O)OCC(=O)O)c(C)n(C(=O)c3ccc(Cl)cc3)c2cc1C(C)(C)C. The second-order valence-electron chi connectivity index (χ2n) is 8.76. The number of nitrogens with zero attached hydrogens (tertiary/aromatic N) is 1. The van der Waals surface area contributed by atoms with Gasteiger partial charge in [-0.25, -0.2) is 4.79 Å². The lowest BCUT2D eigenvalue weighted by atomic mass is 9.85. The third-order valence-corrected chi connectivity index (χ3v) is 5.69. The summed E-state index contributed by atoms with van der Waals surface area (Å²) in [5.74, 6) is -1.58. The molecule has 8 heteroatoms. The number of methoxy groups -OCH3 is 1. The van der Waals surface area contributed by atoms with Crippen molar-refractivity contribution in [2.75, 3.05) is 13.7 Å². The number of aliphatic carboxylic acids is 1. The molecule has 0 aliphatic carbocycles. The number of carboxylic acid groups (broad SMARTS) is 1. The van der Waals surface area contributed by atoms with Gasteiger partial charge in [-0.2, -0.15) is 0 Å². The van der Waals surface area contributed by atoms with Crippen LogP contribution in [0.2, 0.25) is 5.02 Å². The van der Waals surface area contributed by atoms with Gasteiger partial charge in [0.1, 0.15) is 5.75 Å². The molecule has 2 aromatic carbocycles. The summed E-state index contributed by atoms with van der Waals surface area (Å²) in [6.45, 7) is 7.15. The molecular formula is C25H26ClNO6. The number of benzene rings is 2. The van der Waals surface area contributed by atoms with Crippen LogP contribution in [-0.4, -0.2) is 41.2 Å². The average molecular weight is 472 g/mol. The van der Waals surface area contributed by atoms with Gasteiger partial charge in [0.25, 0.3) is 5.91 Å². The van der Waals surface area contributed by atoms with Gasteiger partial charge >= 0.3 is 11.9 Å². The Labute approximate surface area is 196 Å². The van der Waals surface area contributed by atoms with Gasteiger partial charge in [-0.3, -0.25) is 14.2 Å². The Morgan fingerprint density at radius 2 is 1.73 bits per heavy atom. The van der Waals surface area contributed by atoms with Gasteiger partial charge in [0.15, 0.2) is 6.61 Å². The van der Waals surface area contributed by atoms with Crippen molar-refractivity contribution < 1.29 is 29.0 Å². The highest BCUT2D eigenvalue weighted by molar-refractivity contribution is 6.30. The van der Waals surface area contributed by atoms with Crippen LogP contribution in [0.1, 0.15) is 48.0 Å². The van der Waals surface area contributed by atoms with Crippen LogP contribution in [0.4, 0.5) is 0 Å². The fraction of sp³-hybridized carbons (Fsp3) is 0.320. The van der Waals surface area contributed by atoms with E-state index in [0.717, 1.165) is 5.56 Å². The smallest absolute Gasteiger partial charge is 0.341 e. The molecule has 0 aliphatic heterocycles. The molecule has 174 valence electrons. The summed E-state index contributed by atoms with van der Waals surface area (Å²) >= 11 is 5.98. The van der Waals surface area contributed by atoms with Crippen molar-refractivity contribution in [1.82, 2.24) is 4.57 Å². The van der Waals surface area contributed by atoms with Crippen LogP contribution >= 0.6 is 11.6 Å². The molecule has 0 unspecified atom stereocenters. The van der Waals surface area contributed by atoms with Crippen molar-refractivity contribution >= 4 is 40.3 Å². The molecule has 0 saturated heterocycles. The zero-order chi connectivity index (χ0) is 24.5. The summed E-state index contributed by atoms with van der Waals surface area (Å²) < 4.78 is 12.0. The highest BCUT2D eigenvalue weighted by Crippen LogP contribution is 2.38. The largest absolute Gasteiger partial charge is 0.496 e. The molecule has 1 heterocycles. The number of carbonyl (C=O) groups excluding carboxylic acids is 2. The Hall–Kier alpha value is -3.32. The molecule has 1 aromatic heterocycles. The summed E-state index contributed by atoms with van der Waals surface area (Å²) in [6.07, 6.45) is -0.186. The second-order valence-corrected chi connectivity index (χ2v) is 9.20. The zero-order valence-electron chi connectivity index (χ0n) is 19.2. The quantitative estimate of drug-likeness (QED) is 0.520. The van der Waals surface area contributed by atoms with E-state index in [4.69, 9.17) is 26.2 Å². The lowest BCUT2D eigenvalue weighted by Crippen LogP contribution is -2.16. The van der Waals surface area contributed by atoms with Crippen molar-refractivity contribution in [3.05, 3.63) is 63.8 Å². The first-order chi connectivity index (χ1) is 15.4. The maximum absolute atomic E-state index is 13.5. The molecule has 3 aromatic rings. The van der Waals surface area contributed by atoms with E-state index in [0.29, 0.717) is 38.5 Å². The first kappa shape index (κ1) is 24.3. The van der Waals surface area contributed by atoms with Crippen LogP contribution in [-0.2, 0) is 26.2 Å². The van der Waals surface area contributed by atoms with E-state index in [2.05, 4.69) is 0 Å². The number of aromatic nitrogens is 1. The molecule has 0 fully saturated rings. The molecule has 1 N–H and O–H groups in total. The first-order valence-corrected chi connectivity index (χ1v) is 10.7. The van der Waals surface area contributed by atoms with Gasteiger partial charge in [-0.15, -0.1) is 0 Å².